The van der Waals surface area contributed by atoms with E-state index in [1.165, 1.54) is 26.4 Å². The summed E-state index contributed by atoms with van der Waals surface area (Å²) in [6.07, 6.45) is 0. The van der Waals surface area contributed by atoms with Gasteiger partial charge in [0.05, 0.1) is 36.0 Å². The van der Waals surface area contributed by atoms with Crippen LogP contribution >= 0.6 is 23.2 Å². The van der Waals surface area contributed by atoms with Crippen LogP contribution in [0.1, 0.15) is 10.5 Å². The molecule has 4 aromatic rings. The molecule has 3 N–H and O–H groups in total. The second-order valence-corrected chi connectivity index (χ2v) is 9.56. The number of anilines is 1. The predicted octanol–water partition coefficient (Wildman–Crippen LogP) is 4.65. The molecule has 13 heteroatoms. The molecule has 0 fully saturated rings. The van der Waals surface area contributed by atoms with Gasteiger partial charge in [-0.05, 0) is 36.4 Å². The van der Waals surface area contributed by atoms with E-state index in [1.54, 1.807) is 42.5 Å². The molecule has 3 aromatic carbocycles. The molecule has 0 spiro atoms. The Balaban J connectivity index is 1.81. The number of carbonyl (C=O) groups excluding carboxylic acids is 1. The van der Waals surface area contributed by atoms with Gasteiger partial charge in [-0.2, -0.15) is 0 Å². The van der Waals surface area contributed by atoms with Crippen molar-refractivity contribution in [1.29, 1.82) is 0 Å². The predicted molar refractivity (Wildman–Crippen MR) is 135 cm³/mol. The molecule has 0 aliphatic rings. The van der Waals surface area contributed by atoms with Crippen molar-refractivity contribution in [3.63, 3.8) is 0 Å². The number of rotatable bonds is 7. The van der Waals surface area contributed by atoms with E-state index in [0.29, 0.717) is 21.8 Å². The topological polar surface area (TPSA) is 143 Å². The summed E-state index contributed by atoms with van der Waals surface area (Å²) >= 11 is 12.1. The molecule has 0 saturated carbocycles. The van der Waals surface area contributed by atoms with Crippen LogP contribution in [0, 0.1) is 0 Å². The zero-order chi connectivity index (χ0) is 26.0. The molecule has 0 unspecified atom stereocenters. The lowest BCUT2D eigenvalue weighted by atomic mass is 10.2. The first kappa shape index (κ1) is 25.5. The van der Waals surface area contributed by atoms with Crippen LogP contribution < -0.4 is 24.7 Å². The van der Waals surface area contributed by atoms with Gasteiger partial charge in [0.1, 0.15) is 4.90 Å². The maximum absolute atomic E-state index is 13.4. The highest BCUT2D eigenvalue weighted by atomic mass is 35.5. The van der Waals surface area contributed by atoms with Gasteiger partial charge in [-0.1, -0.05) is 35.3 Å². The average molecular weight is 549 g/mol. The van der Waals surface area contributed by atoms with E-state index in [9.17, 15) is 13.2 Å². The number of amides is 1. The first-order chi connectivity index (χ1) is 17.1. The highest BCUT2D eigenvalue weighted by Gasteiger charge is 2.26. The van der Waals surface area contributed by atoms with Crippen LogP contribution in [-0.2, 0) is 10.0 Å². The lowest BCUT2D eigenvalue weighted by Gasteiger charge is -2.16. The van der Waals surface area contributed by atoms with Crippen molar-refractivity contribution in [2.24, 2.45) is 5.14 Å². The summed E-state index contributed by atoms with van der Waals surface area (Å²) in [5, 5.41) is 8.10. The van der Waals surface area contributed by atoms with E-state index in [4.69, 9.17) is 42.6 Å². The second kappa shape index (κ2) is 10.2. The molecule has 186 valence electrons. The zero-order valence-electron chi connectivity index (χ0n) is 18.8. The molecule has 4 rings (SSSR count). The summed E-state index contributed by atoms with van der Waals surface area (Å²) in [6, 6.07) is 14.2. The number of nitrogens with one attached hydrogen (secondary N) is 1. The summed E-state index contributed by atoms with van der Waals surface area (Å²) < 4.78 is 40.6. The van der Waals surface area contributed by atoms with Crippen LogP contribution in [0.4, 0.5) is 5.69 Å². The van der Waals surface area contributed by atoms with Gasteiger partial charge in [-0.3, -0.25) is 4.79 Å². The van der Waals surface area contributed by atoms with Crippen molar-refractivity contribution >= 4 is 55.9 Å². The summed E-state index contributed by atoms with van der Waals surface area (Å²) in [6.45, 7) is 0. The summed E-state index contributed by atoms with van der Waals surface area (Å²) in [5.74, 6) is -0.598. The third-order valence-corrected chi connectivity index (χ3v) is 6.52. The maximum atomic E-state index is 13.4. The van der Waals surface area contributed by atoms with Crippen LogP contribution in [0.15, 0.2) is 59.5 Å². The van der Waals surface area contributed by atoms with Gasteiger partial charge < -0.3 is 19.5 Å². The number of ether oxygens (including phenoxy) is 3. The van der Waals surface area contributed by atoms with Gasteiger partial charge in [-0.25, -0.2) is 23.5 Å². The van der Waals surface area contributed by atoms with Gasteiger partial charge in [0.25, 0.3) is 11.8 Å². The Morgan fingerprint density at radius 1 is 0.944 bits per heavy atom. The van der Waals surface area contributed by atoms with Crippen LogP contribution in [0.5, 0.6) is 23.1 Å². The molecular formula is C23H18Cl2N4O6S. The van der Waals surface area contributed by atoms with Crippen LogP contribution in [0.2, 0.25) is 10.0 Å². The van der Waals surface area contributed by atoms with Gasteiger partial charge in [0.15, 0.2) is 22.9 Å². The standard InChI is InChI=1S/C23H18Cl2N4O6S/c1-33-18-11-12(24)7-10-17(18)35-23-19(27-14-5-3-4-6-15(14)29-23)22(30)28-16-9-8-13(25)21(20(16)34-2)36(26,31)32/h3-11H,1-2H3,(H,28,30)(H2,26,31,32). The Kier molecular flexibility index (Phi) is 7.18. The number of fused-ring (bicyclic) bond motifs is 1. The molecule has 0 radical (unpaired) electrons. The van der Waals surface area contributed by atoms with Gasteiger partial charge in [-0.15, -0.1) is 0 Å². The molecule has 10 nitrogen and oxygen atoms in total. The number of hydrogen-bond donors (Lipinski definition) is 2. The number of carbonyl (C=O) groups is 1. The van der Waals surface area contributed by atoms with E-state index in [1.807, 2.05) is 0 Å². The highest BCUT2D eigenvalue weighted by Crippen LogP contribution is 2.38. The van der Waals surface area contributed by atoms with Crippen LogP contribution in [-0.4, -0.2) is 38.5 Å². The SMILES string of the molecule is COc1cc(Cl)ccc1Oc1nc2ccccc2nc1C(=O)Nc1ccc(Cl)c(S(N)(=O)=O)c1OC. The molecule has 0 saturated heterocycles. The Morgan fingerprint density at radius 2 is 1.64 bits per heavy atom. The van der Waals surface area contributed by atoms with Crippen LogP contribution in [0.3, 0.4) is 0 Å². The summed E-state index contributed by atoms with van der Waals surface area (Å²) in [7, 11) is -1.62. The molecular weight excluding hydrogens is 531 g/mol. The molecule has 1 heterocycles. The number of primary sulfonamides is 1. The van der Waals surface area contributed by atoms with Gasteiger partial charge in [0.2, 0.25) is 10.0 Å². The van der Waals surface area contributed by atoms with Crippen LogP contribution in [0.25, 0.3) is 11.0 Å². The van der Waals surface area contributed by atoms with Gasteiger partial charge in [0, 0.05) is 11.1 Å². The van der Waals surface area contributed by atoms with E-state index in [-0.39, 0.29) is 33.8 Å². The van der Waals surface area contributed by atoms with Crippen molar-refractivity contribution in [3.05, 3.63) is 70.3 Å². The van der Waals surface area contributed by atoms with E-state index in [2.05, 4.69) is 15.3 Å². The smallest absolute Gasteiger partial charge is 0.280 e. The number of nitrogens with zero attached hydrogens (tertiary/aromatic N) is 2. The van der Waals surface area contributed by atoms with Crippen molar-refractivity contribution in [2.75, 3.05) is 19.5 Å². The molecule has 36 heavy (non-hydrogen) atoms. The summed E-state index contributed by atoms with van der Waals surface area (Å²) in [5.41, 5.74) is 0.685. The minimum Gasteiger partial charge on any atom is -0.493 e. The fourth-order valence-corrected chi connectivity index (χ4v) is 4.74. The fourth-order valence-electron chi connectivity index (χ4n) is 3.32. The first-order valence-electron chi connectivity index (χ1n) is 10.1. The Hall–Kier alpha value is -3.64. The fraction of sp³-hybridized carbons (Fsp3) is 0.0870. The molecule has 0 atom stereocenters. The lowest BCUT2D eigenvalue weighted by Crippen LogP contribution is -2.19. The minimum absolute atomic E-state index is 0.0130. The second-order valence-electron chi connectivity index (χ2n) is 7.22. The number of sulfonamides is 1. The van der Waals surface area contributed by atoms with Crippen molar-refractivity contribution in [3.8, 4) is 23.1 Å². The molecule has 0 aliphatic heterocycles. The lowest BCUT2D eigenvalue weighted by molar-refractivity contribution is 0.101. The number of para-hydroxylation sites is 2. The third-order valence-electron chi connectivity index (χ3n) is 4.89. The quantitative estimate of drug-likeness (QED) is 0.339. The highest BCUT2D eigenvalue weighted by molar-refractivity contribution is 7.89. The number of methoxy groups -OCH3 is 2. The van der Waals surface area contributed by atoms with E-state index in [0.717, 1.165) is 0 Å². The molecule has 1 amide bonds. The minimum atomic E-state index is -4.27. The molecule has 0 aliphatic carbocycles. The molecule has 1 aromatic heterocycles. The van der Waals surface area contributed by atoms with Crippen molar-refractivity contribution in [1.82, 2.24) is 9.97 Å². The van der Waals surface area contributed by atoms with Crippen molar-refractivity contribution < 1.29 is 27.4 Å². The number of nitrogens with two attached hydrogens (primary N) is 1. The number of benzene rings is 3. The number of aromatic nitrogens is 2. The average Bonchev–Trinajstić information content (AvgIpc) is 2.84. The Bertz CT molecular complexity index is 1600. The Morgan fingerprint density at radius 3 is 2.28 bits per heavy atom. The zero-order valence-corrected chi connectivity index (χ0v) is 21.1. The maximum Gasteiger partial charge on any atom is 0.280 e. The summed E-state index contributed by atoms with van der Waals surface area (Å²) in [4.78, 5) is 21.8. The monoisotopic (exact) mass is 548 g/mol. The normalized spacial score (nSPS) is 11.2. The Labute approximate surface area is 216 Å². The van der Waals surface area contributed by atoms with E-state index < -0.39 is 20.8 Å². The van der Waals surface area contributed by atoms with Gasteiger partial charge >= 0.3 is 0 Å². The number of halogens is 2. The molecule has 0 bridgehead atoms. The first-order valence-corrected chi connectivity index (χ1v) is 12.4. The van der Waals surface area contributed by atoms with E-state index >= 15 is 0 Å². The third kappa shape index (κ3) is 5.14. The van der Waals surface area contributed by atoms with Crippen molar-refractivity contribution in [2.45, 2.75) is 4.90 Å². The number of hydrogen-bond acceptors (Lipinski definition) is 8. The largest absolute Gasteiger partial charge is 0.493 e.